The van der Waals surface area contributed by atoms with Gasteiger partial charge in [0.15, 0.2) is 0 Å². The molecule has 3 nitrogen and oxygen atoms in total. The third-order valence-electron chi connectivity index (χ3n) is 4.32. The Bertz CT molecular complexity index is 900. The average molecular weight is 371 g/mol. The molecule has 0 saturated carbocycles. The standard InChI is InChI=1S/C25H25NO2/c1-2-3-18-28-23-16-14-22(15-17-23)26-25(27)24(21-12-8-5-9-13-21)19-20-10-6-4-7-11-20/h4-17,19H,2-3,18H2,1H3,(H,26,27)/b24-19+. The molecule has 3 rings (SSSR count). The smallest absolute Gasteiger partial charge is 0.256 e. The van der Waals surface area contributed by atoms with Crippen molar-refractivity contribution >= 4 is 23.2 Å². The number of carbonyl (C=O) groups excluding carboxylic acids is 1. The number of anilines is 1. The molecule has 0 aromatic heterocycles. The van der Waals surface area contributed by atoms with Gasteiger partial charge in [-0.3, -0.25) is 4.79 Å². The highest BCUT2D eigenvalue weighted by Gasteiger charge is 2.12. The fourth-order valence-corrected chi connectivity index (χ4v) is 2.78. The first kappa shape index (κ1) is 19.4. The van der Waals surface area contributed by atoms with Crippen molar-refractivity contribution in [2.45, 2.75) is 19.8 Å². The Labute approximate surface area is 166 Å². The molecule has 1 amide bonds. The fraction of sp³-hybridized carbons (Fsp3) is 0.160. The van der Waals surface area contributed by atoms with Crippen LogP contribution < -0.4 is 10.1 Å². The van der Waals surface area contributed by atoms with Gasteiger partial charge in [0.25, 0.3) is 5.91 Å². The SMILES string of the molecule is CCCCOc1ccc(NC(=O)/C(=C/c2ccccc2)c2ccccc2)cc1. The third-order valence-corrected chi connectivity index (χ3v) is 4.32. The molecule has 3 aromatic carbocycles. The average Bonchev–Trinajstić information content (AvgIpc) is 2.75. The van der Waals surface area contributed by atoms with Gasteiger partial charge in [-0.15, -0.1) is 0 Å². The molecule has 0 heterocycles. The zero-order chi connectivity index (χ0) is 19.6. The van der Waals surface area contributed by atoms with Crippen molar-refractivity contribution < 1.29 is 9.53 Å². The largest absolute Gasteiger partial charge is 0.494 e. The van der Waals surface area contributed by atoms with Gasteiger partial charge in [0.05, 0.1) is 6.61 Å². The molecule has 3 aromatic rings. The Morgan fingerprint density at radius 2 is 1.54 bits per heavy atom. The number of rotatable bonds is 8. The predicted octanol–water partition coefficient (Wildman–Crippen LogP) is 6.04. The molecule has 0 spiro atoms. The van der Waals surface area contributed by atoms with Crippen molar-refractivity contribution in [2.75, 3.05) is 11.9 Å². The predicted molar refractivity (Wildman–Crippen MR) is 116 cm³/mol. The van der Waals surface area contributed by atoms with E-state index >= 15 is 0 Å². The van der Waals surface area contributed by atoms with Crippen molar-refractivity contribution in [3.63, 3.8) is 0 Å². The maximum Gasteiger partial charge on any atom is 0.256 e. The van der Waals surface area contributed by atoms with Crippen LogP contribution in [-0.2, 0) is 4.79 Å². The number of hydrogen-bond donors (Lipinski definition) is 1. The van der Waals surface area contributed by atoms with Crippen LogP contribution in [0, 0.1) is 0 Å². The Balaban J connectivity index is 1.77. The van der Waals surface area contributed by atoms with Crippen LogP contribution in [0.4, 0.5) is 5.69 Å². The Kier molecular flexibility index (Phi) is 7.02. The van der Waals surface area contributed by atoms with Crippen molar-refractivity contribution in [1.82, 2.24) is 0 Å². The first-order chi connectivity index (χ1) is 13.8. The van der Waals surface area contributed by atoms with E-state index in [2.05, 4.69) is 12.2 Å². The molecule has 0 fully saturated rings. The normalized spacial score (nSPS) is 11.1. The van der Waals surface area contributed by atoms with E-state index < -0.39 is 0 Å². The lowest BCUT2D eigenvalue weighted by atomic mass is 10.0. The first-order valence-electron chi connectivity index (χ1n) is 9.62. The Morgan fingerprint density at radius 3 is 2.18 bits per heavy atom. The summed E-state index contributed by atoms with van der Waals surface area (Å²) < 4.78 is 5.68. The molecule has 0 saturated heterocycles. The van der Waals surface area contributed by atoms with Gasteiger partial charge in [0.2, 0.25) is 0 Å². The van der Waals surface area contributed by atoms with Crippen LogP contribution in [0.3, 0.4) is 0 Å². The summed E-state index contributed by atoms with van der Waals surface area (Å²) in [6.45, 7) is 2.84. The zero-order valence-electron chi connectivity index (χ0n) is 16.1. The highest BCUT2D eigenvalue weighted by atomic mass is 16.5. The van der Waals surface area contributed by atoms with E-state index in [0.717, 1.165) is 35.4 Å². The second-order valence-electron chi connectivity index (χ2n) is 6.52. The molecule has 0 aliphatic carbocycles. The van der Waals surface area contributed by atoms with Gasteiger partial charge in [-0.05, 0) is 47.9 Å². The van der Waals surface area contributed by atoms with Gasteiger partial charge in [0.1, 0.15) is 5.75 Å². The minimum atomic E-state index is -0.144. The zero-order valence-corrected chi connectivity index (χ0v) is 16.1. The number of benzene rings is 3. The van der Waals surface area contributed by atoms with Crippen LogP contribution in [0.2, 0.25) is 0 Å². The number of ether oxygens (including phenoxy) is 1. The summed E-state index contributed by atoms with van der Waals surface area (Å²) >= 11 is 0. The summed E-state index contributed by atoms with van der Waals surface area (Å²) in [5.74, 6) is 0.671. The van der Waals surface area contributed by atoms with E-state index in [1.165, 1.54) is 0 Å². The van der Waals surface area contributed by atoms with Crippen molar-refractivity contribution in [1.29, 1.82) is 0 Å². The van der Waals surface area contributed by atoms with Crippen LogP contribution in [0.15, 0.2) is 84.9 Å². The summed E-state index contributed by atoms with van der Waals surface area (Å²) in [6.07, 6.45) is 4.04. The van der Waals surface area contributed by atoms with Gasteiger partial charge in [-0.25, -0.2) is 0 Å². The molecule has 0 unspecified atom stereocenters. The first-order valence-corrected chi connectivity index (χ1v) is 9.62. The molecule has 0 atom stereocenters. The summed E-state index contributed by atoms with van der Waals surface area (Å²) in [5.41, 5.74) is 3.22. The molecule has 1 N–H and O–H groups in total. The topological polar surface area (TPSA) is 38.3 Å². The van der Waals surface area contributed by atoms with E-state index in [1.54, 1.807) is 0 Å². The highest BCUT2D eigenvalue weighted by molar-refractivity contribution is 6.29. The van der Waals surface area contributed by atoms with Crippen LogP contribution in [-0.4, -0.2) is 12.5 Å². The molecule has 28 heavy (non-hydrogen) atoms. The van der Waals surface area contributed by atoms with Gasteiger partial charge in [0, 0.05) is 11.3 Å². The van der Waals surface area contributed by atoms with Crippen molar-refractivity contribution in [3.05, 3.63) is 96.1 Å². The van der Waals surface area contributed by atoms with Crippen LogP contribution in [0.1, 0.15) is 30.9 Å². The van der Waals surface area contributed by atoms with E-state index in [-0.39, 0.29) is 5.91 Å². The number of amides is 1. The lowest BCUT2D eigenvalue weighted by molar-refractivity contribution is -0.111. The molecule has 142 valence electrons. The van der Waals surface area contributed by atoms with Crippen LogP contribution in [0.5, 0.6) is 5.75 Å². The molecule has 0 aliphatic rings. The monoisotopic (exact) mass is 371 g/mol. The second kappa shape index (κ2) is 10.1. The summed E-state index contributed by atoms with van der Waals surface area (Å²) in [5, 5.41) is 2.99. The van der Waals surface area contributed by atoms with Gasteiger partial charge < -0.3 is 10.1 Å². The lowest BCUT2D eigenvalue weighted by Crippen LogP contribution is -2.13. The maximum absolute atomic E-state index is 13.0. The minimum Gasteiger partial charge on any atom is -0.494 e. The van der Waals surface area contributed by atoms with Crippen LogP contribution >= 0.6 is 0 Å². The van der Waals surface area contributed by atoms with Gasteiger partial charge in [-0.1, -0.05) is 74.0 Å². The van der Waals surface area contributed by atoms with E-state index in [1.807, 2.05) is 91.0 Å². The van der Waals surface area contributed by atoms with Gasteiger partial charge in [-0.2, -0.15) is 0 Å². The van der Waals surface area contributed by atoms with E-state index in [0.29, 0.717) is 12.2 Å². The fourth-order valence-electron chi connectivity index (χ4n) is 2.78. The Morgan fingerprint density at radius 1 is 0.893 bits per heavy atom. The molecular formula is C25H25NO2. The number of unbranched alkanes of at least 4 members (excludes halogenated alkanes) is 1. The Hall–Kier alpha value is -3.33. The summed E-state index contributed by atoms with van der Waals surface area (Å²) in [7, 11) is 0. The second-order valence-corrected chi connectivity index (χ2v) is 6.52. The minimum absolute atomic E-state index is 0.144. The molecule has 0 bridgehead atoms. The number of carbonyl (C=O) groups is 1. The van der Waals surface area contributed by atoms with Gasteiger partial charge >= 0.3 is 0 Å². The third kappa shape index (κ3) is 5.58. The summed E-state index contributed by atoms with van der Waals surface area (Å²) in [6, 6.07) is 27.1. The number of hydrogen-bond acceptors (Lipinski definition) is 2. The highest BCUT2D eigenvalue weighted by Crippen LogP contribution is 2.22. The van der Waals surface area contributed by atoms with E-state index in [4.69, 9.17) is 4.74 Å². The molecule has 0 radical (unpaired) electrons. The maximum atomic E-state index is 13.0. The number of nitrogens with one attached hydrogen (secondary N) is 1. The van der Waals surface area contributed by atoms with Crippen LogP contribution in [0.25, 0.3) is 11.6 Å². The van der Waals surface area contributed by atoms with Crippen molar-refractivity contribution in [2.24, 2.45) is 0 Å². The van der Waals surface area contributed by atoms with E-state index in [9.17, 15) is 4.79 Å². The van der Waals surface area contributed by atoms with Crippen molar-refractivity contribution in [3.8, 4) is 5.75 Å². The molecular weight excluding hydrogens is 346 g/mol. The summed E-state index contributed by atoms with van der Waals surface area (Å²) in [4.78, 5) is 13.0. The molecule has 3 heteroatoms. The lowest BCUT2D eigenvalue weighted by Gasteiger charge is -2.11. The molecule has 0 aliphatic heterocycles. The quantitative estimate of drug-likeness (QED) is 0.298.